The maximum Gasteiger partial charge on any atom is 0.207 e. The fourth-order valence-electron chi connectivity index (χ4n) is 1.63. The zero-order chi connectivity index (χ0) is 10.6. The van der Waals surface area contributed by atoms with E-state index in [1.54, 1.807) is 0 Å². The maximum absolute atomic E-state index is 9.75. The molecule has 82 valence electrons. The van der Waals surface area contributed by atoms with E-state index in [1.807, 2.05) is 6.92 Å². The first kappa shape index (κ1) is 11.5. The average Bonchev–Trinajstić information content (AvgIpc) is 2.70. The lowest BCUT2D eigenvalue weighted by molar-refractivity contribution is -0.110. The van der Waals surface area contributed by atoms with E-state index >= 15 is 0 Å². The van der Waals surface area contributed by atoms with Gasteiger partial charge in [0.05, 0.1) is 0 Å². The largest absolute Gasteiger partial charge is 0.354 e. The third kappa shape index (κ3) is 4.09. The van der Waals surface area contributed by atoms with Gasteiger partial charge in [0.15, 0.2) is 0 Å². The Bertz CT molecular complexity index is 182. The smallest absolute Gasteiger partial charge is 0.207 e. The summed E-state index contributed by atoms with van der Waals surface area (Å²) < 4.78 is 0. The van der Waals surface area contributed by atoms with Gasteiger partial charge in [0.2, 0.25) is 6.41 Å². The van der Waals surface area contributed by atoms with Crippen molar-refractivity contribution >= 4 is 6.41 Å². The molecular formula is C11H22N2O. The molecule has 0 radical (unpaired) electrons. The molecule has 0 aromatic rings. The highest BCUT2D eigenvalue weighted by molar-refractivity contribution is 5.48. The number of hydrogen-bond acceptors (Lipinski definition) is 2. The first-order chi connectivity index (χ1) is 6.56. The van der Waals surface area contributed by atoms with Crippen molar-refractivity contribution < 1.29 is 4.79 Å². The topological polar surface area (TPSA) is 32.3 Å². The van der Waals surface area contributed by atoms with Crippen LogP contribution in [-0.4, -0.2) is 37.0 Å². The predicted octanol–water partition coefficient (Wildman–Crippen LogP) is 1.24. The molecule has 3 heteroatoms. The van der Waals surface area contributed by atoms with Crippen LogP contribution in [0.2, 0.25) is 0 Å². The standard InChI is InChI=1S/C6H13N.C5H9NO/c1-6-3-4-7(2)5-6;1-5(2-3-5)6-4-7/h6H,3-5H2,1-2H3;4H,2-3H2,1H3,(H,6,7). The van der Waals surface area contributed by atoms with Gasteiger partial charge in [-0.05, 0) is 45.7 Å². The zero-order valence-electron chi connectivity index (χ0n) is 9.55. The molecule has 14 heavy (non-hydrogen) atoms. The Hall–Kier alpha value is -0.570. The van der Waals surface area contributed by atoms with Crippen molar-refractivity contribution in [2.75, 3.05) is 20.1 Å². The zero-order valence-corrected chi connectivity index (χ0v) is 9.55. The van der Waals surface area contributed by atoms with Gasteiger partial charge in [0.1, 0.15) is 0 Å². The number of hydrogen-bond donors (Lipinski definition) is 1. The average molecular weight is 198 g/mol. The van der Waals surface area contributed by atoms with Crippen molar-refractivity contribution in [2.24, 2.45) is 5.92 Å². The minimum Gasteiger partial charge on any atom is -0.354 e. The first-order valence-corrected chi connectivity index (χ1v) is 5.46. The Morgan fingerprint density at radius 2 is 2.14 bits per heavy atom. The van der Waals surface area contributed by atoms with Crippen LogP contribution in [0.5, 0.6) is 0 Å². The summed E-state index contributed by atoms with van der Waals surface area (Å²) in [6.07, 6.45) is 4.46. The number of carbonyl (C=O) groups is 1. The summed E-state index contributed by atoms with van der Waals surface area (Å²) in [5.74, 6) is 0.949. The van der Waals surface area contributed by atoms with E-state index in [2.05, 4.69) is 24.2 Å². The van der Waals surface area contributed by atoms with Crippen LogP contribution in [-0.2, 0) is 4.79 Å². The molecule has 1 aliphatic heterocycles. The number of rotatable bonds is 2. The van der Waals surface area contributed by atoms with Gasteiger partial charge in [-0.15, -0.1) is 0 Å². The molecule has 0 aromatic heterocycles. The molecule has 2 aliphatic rings. The number of carbonyl (C=O) groups excluding carboxylic acids is 1. The second kappa shape index (κ2) is 4.78. The summed E-state index contributed by atoms with van der Waals surface area (Å²) in [7, 11) is 2.18. The SMILES string of the molecule is CC1(NC=O)CC1.CC1CCN(C)C1. The van der Waals surface area contributed by atoms with E-state index in [-0.39, 0.29) is 5.54 Å². The van der Waals surface area contributed by atoms with E-state index in [9.17, 15) is 4.79 Å². The van der Waals surface area contributed by atoms with Crippen molar-refractivity contribution in [3.63, 3.8) is 0 Å². The Balaban J connectivity index is 0.000000140. The summed E-state index contributed by atoms with van der Waals surface area (Å²) in [5.41, 5.74) is 0.182. The highest BCUT2D eigenvalue weighted by atomic mass is 16.1. The Labute approximate surface area is 86.9 Å². The van der Waals surface area contributed by atoms with Crippen LogP contribution in [0.4, 0.5) is 0 Å². The molecule has 1 saturated heterocycles. The van der Waals surface area contributed by atoms with E-state index < -0.39 is 0 Å². The summed E-state index contributed by atoms with van der Waals surface area (Å²) in [4.78, 5) is 12.1. The quantitative estimate of drug-likeness (QED) is 0.677. The van der Waals surface area contributed by atoms with Crippen molar-refractivity contribution in [2.45, 2.75) is 38.6 Å². The second-order valence-corrected chi connectivity index (χ2v) is 4.98. The van der Waals surface area contributed by atoms with Crippen LogP contribution in [0, 0.1) is 5.92 Å². The molecule has 1 N–H and O–H groups in total. The van der Waals surface area contributed by atoms with Crippen LogP contribution >= 0.6 is 0 Å². The van der Waals surface area contributed by atoms with Crippen LogP contribution in [0.3, 0.4) is 0 Å². The molecular weight excluding hydrogens is 176 g/mol. The lowest BCUT2D eigenvalue weighted by atomic mass is 10.2. The minimum absolute atomic E-state index is 0.182. The van der Waals surface area contributed by atoms with Crippen LogP contribution < -0.4 is 5.32 Å². The summed E-state index contributed by atoms with van der Waals surface area (Å²) in [5, 5.41) is 2.72. The van der Waals surface area contributed by atoms with Gasteiger partial charge in [0, 0.05) is 12.1 Å². The number of nitrogens with zero attached hydrogens (tertiary/aromatic N) is 1. The molecule has 1 amide bonds. The lowest BCUT2D eigenvalue weighted by Gasteiger charge is -2.03. The maximum atomic E-state index is 9.75. The number of nitrogens with one attached hydrogen (secondary N) is 1. The second-order valence-electron chi connectivity index (χ2n) is 4.98. The van der Waals surface area contributed by atoms with Crippen molar-refractivity contribution in [3.8, 4) is 0 Å². The molecule has 3 nitrogen and oxygen atoms in total. The van der Waals surface area contributed by atoms with Gasteiger partial charge in [-0.1, -0.05) is 6.92 Å². The molecule has 0 bridgehead atoms. The molecule has 2 rings (SSSR count). The molecule has 2 fully saturated rings. The van der Waals surface area contributed by atoms with Gasteiger partial charge in [-0.3, -0.25) is 4.79 Å². The fourth-order valence-corrected chi connectivity index (χ4v) is 1.63. The molecule has 1 aliphatic carbocycles. The van der Waals surface area contributed by atoms with Gasteiger partial charge in [0.25, 0.3) is 0 Å². The molecule has 1 heterocycles. The van der Waals surface area contributed by atoms with E-state index in [0.29, 0.717) is 0 Å². The number of amides is 1. The Kier molecular flexibility index (Phi) is 3.93. The fraction of sp³-hybridized carbons (Fsp3) is 0.909. The van der Waals surface area contributed by atoms with Crippen molar-refractivity contribution in [3.05, 3.63) is 0 Å². The van der Waals surface area contributed by atoms with Crippen molar-refractivity contribution in [1.82, 2.24) is 10.2 Å². The van der Waals surface area contributed by atoms with Crippen LogP contribution in [0.25, 0.3) is 0 Å². The summed E-state index contributed by atoms with van der Waals surface area (Å²) >= 11 is 0. The third-order valence-corrected chi connectivity index (χ3v) is 3.03. The third-order valence-electron chi connectivity index (χ3n) is 3.03. The molecule has 1 saturated carbocycles. The number of likely N-dealkylation sites (tertiary alicyclic amines) is 1. The predicted molar refractivity (Wildman–Crippen MR) is 58.1 cm³/mol. The highest BCUT2D eigenvalue weighted by Gasteiger charge is 2.36. The monoisotopic (exact) mass is 198 g/mol. The van der Waals surface area contributed by atoms with E-state index in [4.69, 9.17) is 0 Å². The Morgan fingerprint density at radius 3 is 2.29 bits per heavy atom. The highest BCUT2D eigenvalue weighted by Crippen LogP contribution is 2.33. The molecule has 0 aromatic carbocycles. The van der Waals surface area contributed by atoms with Gasteiger partial charge in [-0.2, -0.15) is 0 Å². The molecule has 1 atom stereocenters. The molecule has 0 spiro atoms. The normalized spacial score (nSPS) is 28.9. The van der Waals surface area contributed by atoms with Crippen molar-refractivity contribution in [1.29, 1.82) is 0 Å². The minimum atomic E-state index is 0.182. The van der Waals surface area contributed by atoms with E-state index in [1.165, 1.54) is 19.5 Å². The van der Waals surface area contributed by atoms with Crippen LogP contribution in [0.1, 0.15) is 33.1 Å². The Morgan fingerprint density at radius 1 is 1.50 bits per heavy atom. The molecule has 1 unspecified atom stereocenters. The summed E-state index contributed by atoms with van der Waals surface area (Å²) in [6.45, 7) is 6.96. The van der Waals surface area contributed by atoms with Gasteiger partial charge >= 0.3 is 0 Å². The first-order valence-electron chi connectivity index (χ1n) is 5.46. The van der Waals surface area contributed by atoms with Crippen LogP contribution in [0.15, 0.2) is 0 Å². The lowest BCUT2D eigenvalue weighted by Crippen LogP contribution is -2.25. The summed E-state index contributed by atoms with van der Waals surface area (Å²) in [6, 6.07) is 0. The van der Waals surface area contributed by atoms with E-state index in [0.717, 1.165) is 25.2 Å². The van der Waals surface area contributed by atoms with Gasteiger partial charge < -0.3 is 10.2 Å². The van der Waals surface area contributed by atoms with Gasteiger partial charge in [-0.25, -0.2) is 0 Å².